The molecule has 146 valence electrons. The Labute approximate surface area is 172 Å². The summed E-state index contributed by atoms with van der Waals surface area (Å²) in [5.74, 6) is 1.99. The molecule has 2 nitrogen and oxygen atoms in total. The van der Waals surface area contributed by atoms with Crippen LogP contribution in [-0.4, -0.2) is 0 Å². The highest BCUT2D eigenvalue weighted by molar-refractivity contribution is 6.06. The predicted molar refractivity (Wildman–Crippen MR) is 121 cm³/mol. The third kappa shape index (κ3) is 2.73. The van der Waals surface area contributed by atoms with Crippen LogP contribution in [0.4, 0.5) is 0 Å². The van der Waals surface area contributed by atoms with Crippen LogP contribution in [0.1, 0.15) is 37.5 Å². The number of hydrogen-bond donors (Lipinski definition) is 0. The van der Waals surface area contributed by atoms with Crippen LogP contribution in [-0.2, 0) is 13.5 Å². The summed E-state index contributed by atoms with van der Waals surface area (Å²) in [6, 6.07) is 15.5. The zero-order valence-electron chi connectivity index (χ0n) is 18.2. The summed E-state index contributed by atoms with van der Waals surface area (Å²) in [6.45, 7) is 11.3. The quantitative estimate of drug-likeness (QED) is 0.291. The maximum atomic E-state index is 6.67. The Balaban J connectivity index is 1.89. The molecule has 3 aromatic carbocycles. The average molecular weight is 383 g/mol. The molecule has 0 saturated carbocycles. The number of aromatic nitrogens is 1. The summed E-state index contributed by atoms with van der Waals surface area (Å²) >= 11 is 0. The summed E-state index contributed by atoms with van der Waals surface area (Å²) in [5, 5.41) is 5.05. The van der Waals surface area contributed by atoms with Gasteiger partial charge < -0.3 is 4.74 Å². The Morgan fingerprint density at radius 3 is 2.31 bits per heavy atom. The summed E-state index contributed by atoms with van der Waals surface area (Å²) < 4.78 is 8.91. The molecule has 0 amide bonds. The van der Waals surface area contributed by atoms with Crippen LogP contribution < -0.4 is 9.30 Å². The molecule has 0 bridgehead atoms. The second-order valence-corrected chi connectivity index (χ2v) is 9.67. The second kappa shape index (κ2) is 6.06. The lowest BCUT2D eigenvalue weighted by Gasteiger charge is -2.25. The normalized spacial score (nSPS) is 12.9. The van der Waals surface area contributed by atoms with Crippen LogP contribution in [0.25, 0.3) is 32.8 Å². The Bertz CT molecular complexity index is 1310. The molecule has 2 heterocycles. The van der Waals surface area contributed by atoms with Gasteiger partial charge in [0.25, 0.3) is 0 Å². The third-order valence-corrected chi connectivity index (χ3v) is 6.12. The first kappa shape index (κ1) is 18.2. The number of rotatable bonds is 1. The van der Waals surface area contributed by atoms with Gasteiger partial charge in [-0.2, -0.15) is 0 Å². The minimum Gasteiger partial charge on any atom is -0.455 e. The van der Waals surface area contributed by atoms with Gasteiger partial charge in [0.1, 0.15) is 18.5 Å². The maximum absolute atomic E-state index is 6.67. The molecule has 1 aromatic heterocycles. The molecule has 0 N–H and O–H groups in total. The SMILES string of the molecule is Cc1c2c(c(C)c3ccccc13)-c1c3c(cc(CC(C)(C)C)cc3cc[n+]1C)O2. The van der Waals surface area contributed by atoms with E-state index in [-0.39, 0.29) is 5.41 Å². The summed E-state index contributed by atoms with van der Waals surface area (Å²) in [5.41, 5.74) is 6.55. The monoisotopic (exact) mass is 382 g/mol. The van der Waals surface area contributed by atoms with E-state index in [0.29, 0.717) is 0 Å². The van der Waals surface area contributed by atoms with Crippen molar-refractivity contribution in [3.05, 3.63) is 65.4 Å². The van der Waals surface area contributed by atoms with Crippen molar-refractivity contribution in [2.24, 2.45) is 12.5 Å². The average Bonchev–Trinajstić information content (AvgIpc) is 2.66. The number of benzene rings is 3. The van der Waals surface area contributed by atoms with E-state index >= 15 is 0 Å². The minimum absolute atomic E-state index is 0.234. The summed E-state index contributed by atoms with van der Waals surface area (Å²) in [6.07, 6.45) is 3.21. The Kier molecular flexibility index (Phi) is 3.80. The van der Waals surface area contributed by atoms with E-state index in [9.17, 15) is 0 Å². The molecule has 2 heteroatoms. The van der Waals surface area contributed by atoms with Crippen molar-refractivity contribution in [3.8, 4) is 22.8 Å². The lowest BCUT2D eigenvalue weighted by atomic mass is 9.85. The molecule has 0 fully saturated rings. The van der Waals surface area contributed by atoms with Crippen LogP contribution in [0.5, 0.6) is 11.5 Å². The molecule has 29 heavy (non-hydrogen) atoms. The van der Waals surface area contributed by atoms with Crippen LogP contribution in [0.2, 0.25) is 0 Å². The van der Waals surface area contributed by atoms with E-state index in [2.05, 4.69) is 94.9 Å². The fourth-order valence-electron chi connectivity index (χ4n) is 4.90. The number of hydrogen-bond acceptors (Lipinski definition) is 1. The van der Waals surface area contributed by atoms with Gasteiger partial charge in [-0.15, -0.1) is 0 Å². The Hall–Kier alpha value is -2.87. The van der Waals surface area contributed by atoms with Gasteiger partial charge in [-0.3, -0.25) is 0 Å². The highest BCUT2D eigenvalue weighted by Crippen LogP contribution is 2.50. The predicted octanol–water partition coefficient (Wildman–Crippen LogP) is 6.80. The standard InChI is InChI=1S/C27H28NO/c1-16-20-9-7-8-10-21(20)17(2)26-23(16)25-24-19(11-12-28(25)6)13-18(14-22(24)29-26)15-27(3,4)5/h7-14H,15H2,1-6H3/q+1. The smallest absolute Gasteiger partial charge is 0.228 e. The van der Waals surface area contributed by atoms with Crippen molar-refractivity contribution < 1.29 is 9.30 Å². The van der Waals surface area contributed by atoms with E-state index < -0.39 is 0 Å². The van der Waals surface area contributed by atoms with E-state index in [4.69, 9.17) is 4.74 Å². The van der Waals surface area contributed by atoms with Gasteiger partial charge in [-0.1, -0.05) is 51.1 Å². The molecule has 0 unspecified atom stereocenters. The summed E-state index contributed by atoms with van der Waals surface area (Å²) in [7, 11) is 2.14. The second-order valence-electron chi connectivity index (χ2n) is 9.67. The first-order valence-corrected chi connectivity index (χ1v) is 10.4. The Morgan fingerprint density at radius 1 is 0.931 bits per heavy atom. The van der Waals surface area contributed by atoms with Gasteiger partial charge in [-0.25, -0.2) is 4.57 Å². The van der Waals surface area contributed by atoms with Gasteiger partial charge in [0.2, 0.25) is 5.69 Å². The van der Waals surface area contributed by atoms with Crippen molar-refractivity contribution in [1.82, 2.24) is 0 Å². The van der Waals surface area contributed by atoms with E-state index in [1.807, 2.05) is 0 Å². The number of aryl methyl sites for hydroxylation is 3. The third-order valence-electron chi connectivity index (χ3n) is 6.12. The number of ether oxygens (including phenoxy) is 1. The van der Waals surface area contributed by atoms with Crippen molar-refractivity contribution in [2.75, 3.05) is 0 Å². The molecular formula is C27H28NO+. The summed E-state index contributed by atoms with van der Waals surface area (Å²) in [4.78, 5) is 0. The zero-order chi connectivity index (χ0) is 20.5. The lowest BCUT2D eigenvalue weighted by Crippen LogP contribution is -2.32. The molecule has 1 aliphatic rings. The molecule has 0 aliphatic carbocycles. The highest BCUT2D eigenvalue weighted by Gasteiger charge is 2.32. The molecule has 0 spiro atoms. The number of fused-ring (bicyclic) bond motifs is 3. The molecule has 0 saturated heterocycles. The zero-order valence-corrected chi connectivity index (χ0v) is 18.2. The van der Waals surface area contributed by atoms with Crippen molar-refractivity contribution in [1.29, 1.82) is 0 Å². The van der Waals surface area contributed by atoms with Gasteiger partial charge in [0.05, 0.1) is 10.9 Å². The van der Waals surface area contributed by atoms with Gasteiger partial charge >= 0.3 is 0 Å². The van der Waals surface area contributed by atoms with Crippen LogP contribution >= 0.6 is 0 Å². The molecule has 4 aromatic rings. The van der Waals surface area contributed by atoms with Crippen LogP contribution in [0, 0.1) is 19.3 Å². The lowest BCUT2D eigenvalue weighted by molar-refractivity contribution is -0.659. The molecule has 0 atom stereocenters. The van der Waals surface area contributed by atoms with Crippen LogP contribution in [0.15, 0.2) is 48.7 Å². The highest BCUT2D eigenvalue weighted by atomic mass is 16.5. The number of nitrogens with zero attached hydrogens (tertiary/aromatic N) is 1. The first-order chi connectivity index (χ1) is 13.7. The molecule has 5 rings (SSSR count). The van der Waals surface area contributed by atoms with Gasteiger partial charge in [0.15, 0.2) is 6.20 Å². The molecular weight excluding hydrogens is 354 g/mol. The van der Waals surface area contributed by atoms with Gasteiger partial charge in [0, 0.05) is 11.6 Å². The van der Waals surface area contributed by atoms with Crippen molar-refractivity contribution >= 4 is 21.5 Å². The topological polar surface area (TPSA) is 13.1 Å². The van der Waals surface area contributed by atoms with Crippen molar-refractivity contribution in [3.63, 3.8) is 0 Å². The molecule has 0 radical (unpaired) electrons. The van der Waals surface area contributed by atoms with E-state index in [0.717, 1.165) is 17.9 Å². The molecule has 1 aliphatic heterocycles. The fourth-order valence-corrected chi connectivity index (χ4v) is 4.90. The fraction of sp³-hybridized carbons (Fsp3) is 0.296. The van der Waals surface area contributed by atoms with Crippen LogP contribution in [0.3, 0.4) is 0 Å². The van der Waals surface area contributed by atoms with E-state index in [1.54, 1.807) is 0 Å². The van der Waals surface area contributed by atoms with Gasteiger partial charge in [-0.05, 0) is 59.0 Å². The first-order valence-electron chi connectivity index (χ1n) is 10.4. The van der Waals surface area contributed by atoms with E-state index in [1.165, 1.54) is 49.5 Å². The maximum Gasteiger partial charge on any atom is 0.228 e. The minimum atomic E-state index is 0.234. The number of pyridine rings is 1. The van der Waals surface area contributed by atoms with Crippen molar-refractivity contribution in [2.45, 2.75) is 41.0 Å². The largest absolute Gasteiger partial charge is 0.455 e. The Morgan fingerprint density at radius 2 is 1.62 bits per heavy atom.